The minimum Gasteiger partial charge on any atom is -0.497 e. The van der Waals surface area contributed by atoms with Crippen LogP contribution in [-0.2, 0) is 0 Å². The molecule has 0 atom stereocenters. The van der Waals surface area contributed by atoms with Crippen molar-refractivity contribution in [3.63, 3.8) is 0 Å². The maximum atomic E-state index is 6.64. The number of methoxy groups -OCH3 is 1. The zero-order valence-corrected chi connectivity index (χ0v) is 20.2. The van der Waals surface area contributed by atoms with E-state index in [1.54, 1.807) is 7.11 Å². The van der Waals surface area contributed by atoms with Gasteiger partial charge in [-0.3, -0.25) is 0 Å². The molecule has 0 unspecified atom stereocenters. The standard InChI is InChI=1S/C34H24O2/c1-21-11-13-22(14-12-21)29-19-31-33(27-9-5-3-7-25(27)29)34-28-10-6-4-8-26(28)30(20-32(34)36-31)23-15-17-24(35-2)18-16-23/h3-20H,1-2H3. The quantitative estimate of drug-likeness (QED) is 0.260. The van der Waals surface area contributed by atoms with E-state index in [-0.39, 0.29) is 0 Å². The van der Waals surface area contributed by atoms with Gasteiger partial charge in [0.25, 0.3) is 0 Å². The summed E-state index contributed by atoms with van der Waals surface area (Å²) in [6.07, 6.45) is 0. The van der Waals surface area contributed by atoms with E-state index >= 15 is 0 Å². The van der Waals surface area contributed by atoms with E-state index in [1.807, 2.05) is 12.1 Å². The Bertz CT molecular complexity index is 1910. The Balaban J connectivity index is 1.60. The third-order valence-corrected chi connectivity index (χ3v) is 7.25. The van der Waals surface area contributed by atoms with Crippen molar-refractivity contribution in [2.24, 2.45) is 0 Å². The van der Waals surface area contributed by atoms with E-state index in [1.165, 1.54) is 49.0 Å². The van der Waals surface area contributed by atoms with Gasteiger partial charge >= 0.3 is 0 Å². The van der Waals surface area contributed by atoms with E-state index in [0.29, 0.717) is 0 Å². The smallest absolute Gasteiger partial charge is 0.136 e. The van der Waals surface area contributed by atoms with Gasteiger partial charge in [-0.2, -0.15) is 0 Å². The molecule has 6 aromatic carbocycles. The average molecular weight is 465 g/mol. The van der Waals surface area contributed by atoms with Gasteiger partial charge in [0.05, 0.1) is 7.11 Å². The minimum atomic E-state index is 0.850. The molecule has 0 bridgehead atoms. The van der Waals surface area contributed by atoms with Gasteiger partial charge < -0.3 is 9.15 Å². The molecule has 0 saturated carbocycles. The summed E-state index contributed by atoms with van der Waals surface area (Å²) in [6.45, 7) is 2.12. The summed E-state index contributed by atoms with van der Waals surface area (Å²) in [6, 6.07) is 38.7. The highest BCUT2D eigenvalue weighted by molar-refractivity contribution is 6.29. The predicted octanol–water partition coefficient (Wildman–Crippen LogP) is 9.54. The van der Waals surface area contributed by atoms with Crippen molar-refractivity contribution in [2.45, 2.75) is 6.92 Å². The van der Waals surface area contributed by atoms with Gasteiger partial charge in [-0.25, -0.2) is 0 Å². The molecule has 0 aliphatic heterocycles. The molecule has 0 fully saturated rings. The highest BCUT2D eigenvalue weighted by Crippen LogP contribution is 2.44. The molecule has 0 aliphatic carbocycles. The fourth-order valence-corrected chi connectivity index (χ4v) is 5.48. The summed E-state index contributed by atoms with van der Waals surface area (Å²) in [4.78, 5) is 0. The van der Waals surface area contributed by atoms with Crippen LogP contribution in [0.3, 0.4) is 0 Å². The number of benzene rings is 6. The first-order chi connectivity index (χ1) is 17.7. The zero-order valence-electron chi connectivity index (χ0n) is 20.2. The first-order valence-electron chi connectivity index (χ1n) is 12.2. The van der Waals surface area contributed by atoms with Gasteiger partial charge in [-0.1, -0.05) is 90.5 Å². The second-order valence-corrected chi connectivity index (χ2v) is 9.38. The fourth-order valence-electron chi connectivity index (χ4n) is 5.48. The van der Waals surface area contributed by atoms with Gasteiger partial charge in [0.15, 0.2) is 0 Å². The summed E-state index contributed by atoms with van der Waals surface area (Å²) < 4.78 is 12.0. The Morgan fingerprint density at radius 3 is 1.44 bits per heavy atom. The van der Waals surface area contributed by atoms with E-state index in [4.69, 9.17) is 9.15 Å². The zero-order chi connectivity index (χ0) is 24.2. The van der Waals surface area contributed by atoms with Crippen LogP contribution in [0.1, 0.15) is 5.56 Å². The van der Waals surface area contributed by atoms with Gasteiger partial charge in [0.2, 0.25) is 0 Å². The lowest BCUT2D eigenvalue weighted by Crippen LogP contribution is -1.86. The molecular weight excluding hydrogens is 440 g/mol. The first kappa shape index (κ1) is 20.8. The maximum absolute atomic E-state index is 6.64. The van der Waals surface area contributed by atoms with E-state index in [0.717, 1.165) is 28.0 Å². The monoisotopic (exact) mass is 464 g/mol. The van der Waals surface area contributed by atoms with Crippen molar-refractivity contribution >= 4 is 43.5 Å². The second kappa shape index (κ2) is 8.00. The maximum Gasteiger partial charge on any atom is 0.136 e. The SMILES string of the molecule is COc1ccc(-c2cc3oc4cc(-c5ccc(C)cc5)c5ccccc5c4c3c3ccccc23)cc1. The summed E-state index contributed by atoms with van der Waals surface area (Å²) in [7, 11) is 1.69. The molecule has 7 aromatic rings. The number of aryl methyl sites for hydroxylation is 1. The third kappa shape index (κ3) is 3.11. The van der Waals surface area contributed by atoms with Crippen molar-refractivity contribution in [1.29, 1.82) is 0 Å². The molecule has 1 aromatic heterocycles. The molecule has 2 heteroatoms. The molecule has 2 nitrogen and oxygen atoms in total. The van der Waals surface area contributed by atoms with Gasteiger partial charge in [-0.05, 0) is 75.0 Å². The molecular formula is C34H24O2. The summed E-state index contributed by atoms with van der Waals surface area (Å²) in [5.74, 6) is 0.850. The van der Waals surface area contributed by atoms with Crippen molar-refractivity contribution in [3.05, 3.63) is 115 Å². The van der Waals surface area contributed by atoms with Crippen LogP contribution in [0.2, 0.25) is 0 Å². The largest absolute Gasteiger partial charge is 0.497 e. The summed E-state index contributed by atoms with van der Waals surface area (Å²) in [5, 5.41) is 7.21. The third-order valence-electron chi connectivity index (χ3n) is 7.25. The van der Waals surface area contributed by atoms with Crippen LogP contribution in [0.4, 0.5) is 0 Å². The van der Waals surface area contributed by atoms with Crippen LogP contribution >= 0.6 is 0 Å². The Labute approximate surface area is 209 Å². The van der Waals surface area contributed by atoms with Crippen molar-refractivity contribution < 1.29 is 9.15 Å². The lowest BCUT2D eigenvalue weighted by molar-refractivity contribution is 0.415. The highest BCUT2D eigenvalue weighted by atomic mass is 16.5. The number of furan rings is 1. The van der Waals surface area contributed by atoms with Crippen molar-refractivity contribution in [2.75, 3.05) is 7.11 Å². The van der Waals surface area contributed by atoms with Crippen LogP contribution in [0.15, 0.2) is 114 Å². The minimum absolute atomic E-state index is 0.850. The number of fused-ring (bicyclic) bond motifs is 7. The summed E-state index contributed by atoms with van der Waals surface area (Å²) in [5.41, 5.74) is 7.75. The molecule has 7 rings (SSSR count). The number of hydrogen-bond donors (Lipinski definition) is 0. The summed E-state index contributed by atoms with van der Waals surface area (Å²) >= 11 is 0. The molecule has 0 N–H and O–H groups in total. The van der Waals surface area contributed by atoms with Crippen LogP contribution in [-0.4, -0.2) is 7.11 Å². The fraction of sp³-hybridized carbons (Fsp3) is 0.0588. The lowest BCUT2D eigenvalue weighted by atomic mass is 9.91. The Hall–Kier alpha value is -4.56. The number of rotatable bonds is 3. The van der Waals surface area contributed by atoms with Crippen LogP contribution < -0.4 is 4.74 Å². The molecule has 0 amide bonds. The Morgan fingerprint density at radius 2 is 0.972 bits per heavy atom. The van der Waals surface area contributed by atoms with Gasteiger partial charge in [0.1, 0.15) is 16.9 Å². The Kier molecular flexibility index (Phi) is 4.62. The van der Waals surface area contributed by atoms with Crippen LogP contribution in [0.25, 0.3) is 65.7 Å². The topological polar surface area (TPSA) is 22.4 Å². The first-order valence-corrected chi connectivity index (χ1v) is 12.2. The highest BCUT2D eigenvalue weighted by Gasteiger charge is 2.19. The predicted molar refractivity (Wildman–Crippen MR) is 151 cm³/mol. The van der Waals surface area contributed by atoms with E-state index in [2.05, 4.69) is 104 Å². The molecule has 0 radical (unpaired) electrons. The van der Waals surface area contributed by atoms with E-state index in [9.17, 15) is 0 Å². The Morgan fingerprint density at radius 1 is 0.528 bits per heavy atom. The normalized spacial score (nSPS) is 11.6. The molecule has 0 saturated heterocycles. The number of ether oxygens (including phenoxy) is 1. The number of hydrogen-bond acceptors (Lipinski definition) is 2. The molecule has 0 spiro atoms. The van der Waals surface area contributed by atoms with Gasteiger partial charge in [0, 0.05) is 10.8 Å². The lowest BCUT2D eigenvalue weighted by Gasteiger charge is -2.10. The molecule has 172 valence electrons. The second-order valence-electron chi connectivity index (χ2n) is 9.38. The van der Waals surface area contributed by atoms with Crippen molar-refractivity contribution in [3.8, 4) is 28.0 Å². The molecule has 1 heterocycles. The molecule has 0 aliphatic rings. The van der Waals surface area contributed by atoms with Gasteiger partial charge in [-0.15, -0.1) is 0 Å². The van der Waals surface area contributed by atoms with Crippen LogP contribution in [0, 0.1) is 6.92 Å². The molecule has 36 heavy (non-hydrogen) atoms. The van der Waals surface area contributed by atoms with Crippen molar-refractivity contribution in [1.82, 2.24) is 0 Å². The van der Waals surface area contributed by atoms with E-state index < -0.39 is 0 Å². The average Bonchev–Trinajstić information content (AvgIpc) is 3.32. The van der Waals surface area contributed by atoms with Crippen LogP contribution in [0.5, 0.6) is 5.75 Å².